The highest BCUT2D eigenvalue weighted by Crippen LogP contribution is 2.23. The van der Waals surface area contributed by atoms with E-state index in [1.807, 2.05) is 6.07 Å². The van der Waals surface area contributed by atoms with Gasteiger partial charge in [0.25, 0.3) is 0 Å². The highest BCUT2D eigenvalue weighted by atomic mass is 127. The quantitative estimate of drug-likeness (QED) is 0.357. The van der Waals surface area contributed by atoms with E-state index >= 15 is 0 Å². The molecule has 1 atom stereocenters. The first kappa shape index (κ1) is 22.9. The van der Waals surface area contributed by atoms with Gasteiger partial charge in [-0.2, -0.15) is 0 Å². The van der Waals surface area contributed by atoms with Crippen molar-refractivity contribution in [2.75, 3.05) is 57.3 Å². The summed E-state index contributed by atoms with van der Waals surface area (Å²) in [5, 5.41) is 7.52. The summed E-state index contributed by atoms with van der Waals surface area (Å²) >= 11 is 0. The fraction of sp³-hybridized carbons (Fsp3) is 0.545. The second-order valence-corrected chi connectivity index (χ2v) is 7.88. The van der Waals surface area contributed by atoms with Gasteiger partial charge in [0.05, 0.1) is 5.69 Å². The van der Waals surface area contributed by atoms with Crippen LogP contribution in [0.15, 0.2) is 52.2 Å². The Labute approximate surface area is 196 Å². The Kier molecular flexibility index (Phi) is 8.80. The van der Waals surface area contributed by atoms with Crippen LogP contribution in [0.4, 0.5) is 5.69 Å². The van der Waals surface area contributed by atoms with E-state index in [1.54, 1.807) is 6.26 Å². The van der Waals surface area contributed by atoms with Crippen molar-refractivity contribution < 1.29 is 4.52 Å². The van der Waals surface area contributed by atoms with Crippen LogP contribution in [0.1, 0.15) is 19.0 Å². The molecule has 164 valence electrons. The number of halogens is 1. The smallest absolute Gasteiger partial charge is 0.194 e. The minimum atomic E-state index is 0. The van der Waals surface area contributed by atoms with Crippen LogP contribution in [0.3, 0.4) is 0 Å². The molecule has 0 aliphatic carbocycles. The van der Waals surface area contributed by atoms with Crippen LogP contribution >= 0.6 is 24.0 Å². The first-order valence-electron chi connectivity index (χ1n) is 10.8. The number of nitrogens with zero attached hydrogens (tertiary/aromatic N) is 5. The van der Waals surface area contributed by atoms with E-state index in [9.17, 15) is 0 Å². The van der Waals surface area contributed by atoms with Crippen molar-refractivity contribution in [3.63, 3.8) is 0 Å². The van der Waals surface area contributed by atoms with Gasteiger partial charge in [0.15, 0.2) is 5.96 Å². The number of anilines is 1. The summed E-state index contributed by atoms with van der Waals surface area (Å²) in [7, 11) is 0. The number of para-hydroxylation sites is 1. The lowest BCUT2D eigenvalue weighted by Crippen LogP contribution is -2.52. The lowest BCUT2D eigenvalue weighted by molar-refractivity contribution is 0.169. The van der Waals surface area contributed by atoms with E-state index < -0.39 is 0 Å². The number of aliphatic imine (C=N–C) groups is 1. The lowest BCUT2D eigenvalue weighted by atomic mass is 10.1. The second kappa shape index (κ2) is 11.5. The number of hydrogen-bond donors (Lipinski definition) is 1. The van der Waals surface area contributed by atoms with E-state index in [-0.39, 0.29) is 24.0 Å². The van der Waals surface area contributed by atoms with E-state index in [4.69, 9.17) is 9.52 Å². The molecule has 8 heteroatoms. The molecular weight excluding hydrogens is 491 g/mol. The molecule has 1 N–H and O–H groups in total. The SMILES string of the molecule is CCNC(=NCC1CCN(c2ccccc2)C1)N1CCN(Cc2ccon2)CC1.I. The van der Waals surface area contributed by atoms with Crippen LogP contribution in [0.25, 0.3) is 0 Å². The van der Waals surface area contributed by atoms with Gasteiger partial charge in [0, 0.05) is 70.7 Å². The number of guanidine groups is 1. The first-order chi connectivity index (χ1) is 14.3. The average molecular weight is 524 g/mol. The largest absolute Gasteiger partial charge is 0.371 e. The number of hydrogen-bond acceptors (Lipinski definition) is 5. The summed E-state index contributed by atoms with van der Waals surface area (Å²) < 4.78 is 4.94. The van der Waals surface area contributed by atoms with E-state index in [1.165, 1.54) is 12.1 Å². The molecule has 7 nitrogen and oxygen atoms in total. The lowest BCUT2D eigenvalue weighted by Gasteiger charge is -2.36. The maximum absolute atomic E-state index is 5.01. The summed E-state index contributed by atoms with van der Waals surface area (Å²) in [5.74, 6) is 1.68. The maximum atomic E-state index is 5.01. The molecule has 3 heterocycles. The molecule has 1 aromatic carbocycles. The van der Waals surface area contributed by atoms with E-state index in [0.717, 1.165) is 70.6 Å². The van der Waals surface area contributed by atoms with Crippen LogP contribution in [-0.4, -0.2) is 73.3 Å². The van der Waals surface area contributed by atoms with Crippen molar-refractivity contribution in [1.82, 2.24) is 20.3 Å². The van der Waals surface area contributed by atoms with Gasteiger partial charge in [-0.25, -0.2) is 0 Å². The molecule has 0 radical (unpaired) electrons. The molecule has 2 aliphatic heterocycles. The summed E-state index contributed by atoms with van der Waals surface area (Å²) in [6.45, 7) is 11.0. The number of aromatic nitrogens is 1. The molecular formula is C22H33IN6O. The molecule has 0 spiro atoms. The zero-order chi connectivity index (χ0) is 19.9. The molecule has 1 unspecified atom stereocenters. The molecule has 2 fully saturated rings. The minimum absolute atomic E-state index is 0. The zero-order valence-electron chi connectivity index (χ0n) is 17.7. The standard InChI is InChI=1S/C22H32N6O.HI/c1-2-23-22(27-13-11-26(12-14-27)18-20-9-15-29-25-20)24-16-19-8-10-28(17-19)21-6-4-3-5-7-21;/h3-7,9,15,19H,2,8,10-14,16-18H2,1H3,(H,23,24);1H. The molecule has 2 aromatic rings. The van der Waals surface area contributed by atoms with Gasteiger partial charge in [-0.05, 0) is 31.4 Å². The fourth-order valence-corrected chi connectivity index (χ4v) is 4.16. The number of benzene rings is 1. The van der Waals surface area contributed by atoms with Crippen molar-refractivity contribution in [3.05, 3.63) is 48.4 Å². The Morgan fingerprint density at radius 2 is 1.93 bits per heavy atom. The van der Waals surface area contributed by atoms with Crippen molar-refractivity contribution in [2.45, 2.75) is 19.9 Å². The molecule has 2 aliphatic rings. The Hall–Kier alpha value is -1.81. The molecule has 0 amide bonds. The van der Waals surface area contributed by atoms with Crippen molar-refractivity contribution in [1.29, 1.82) is 0 Å². The van der Waals surface area contributed by atoms with Gasteiger partial charge >= 0.3 is 0 Å². The molecule has 0 saturated carbocycles. The first-order valence-corrected chi connectivity index (χ1v) is 10.8. The molecule has 0 bridgehead atoms. The Bertz CT molecular complexity index is 761. The van der Waals surface area contributed by atoms with Gasteiger partial charge in [-0.15, -0.1) is 24.0 Å². The van der Waals surface area contributed by atoms with Gasteiger partial charge in [0.1, 0.15) is 6.26 Å². The number of rotatable bonds is 6. The van der Waals surface area contributed by atoms with Crippen LogP contribution in [-0.2, 0) is 6.54 Å². The van der Waals surface area contributed by atoms with Crippen molar-refractivity contribution in [3.8, 4) is 0 Å². The monoisotopic (exact) mass is 524 g/mol. The second-order valence-electron chi connectivity index (χ2n) is 7.88. The predicted molar refractivity (Wildman–Crippen MR) is 132 cm³/mol. The molecule has 1 aromatic heterocycles. The van der Waals surface area contributed by atoms with Gasteiger partial charge < -0.3 is 19.6 Å². The highest BCUT2D eigenvalue weighted by Gasteiger charge is 2.24. The predicted octanol–water partition coefficient (Wildman–Crippen LogP) is 2.90. The Morgan fingerprint density at radius 3 is 2.63 bits per heavy atom. The number of piperazine rings is 1. The van der Waals surface area contributed by atoms with Gasteiger partial charge in [-0.1, -0.05) is 23.4 Å². The third-order valence-corrected chi connectivity index (χ3v) is 5.79. The van der Waals surface area contributed by atoms with Gasteiger partial charge in [-0.3, -0.25) is 9.89 Å². The van der Waals surface area contributed by atoms with Crippen LogP contribution in [0.5, 0.6) is 0 Å². The summed E-state index contributed by atoms with van der Waals surface area (Å²) in [5.41, 5.74) is 2.33. The average Bonchev–Trinajstić information content (AvgIpc) is 3.45. The summed E-state index contributed by atoms with van der Waals surface area (Å²) in [6, 6.07) is 12.7. The minimum Gasteiger partial charge on any atom is -0.371 e. The Morgan fingerprint density at radius 1 is 1.13 bits per heavy atom. The van der Waals surface area contributed by atoms with E-state index in [0.29, 0.717) is 5.92 Å². The third-order valence-electron chi connectivity index (χ3n) is 5.79. The normalized spacial score (nSPS) is 20.3. The van der Waals surface area contributed by atoms with Crippen LogP contribution < -0.4 is 10.2 Å². The zero-order valence-corrected chi connectivity index (χ0v) is 20.1. The highest BCUT2D eigenvalue weighted by molar-refractivity contribution is 14.0. The third kappa shape index (κ3) is 6.10. The molecule has 2 saturated heterocycles. The van der Waals surface area contributed by atoms with Crippen LogP contribution in [0, 0.1) is 5.92 Å². The van der Waals surface area contributed by atoms with E-state index in [2.05, 4.69) is 62.4 Å². The number of nitrogens with one attached hydrogen (secondary N) is 1. The fourth-order valence-electron chi connectivity index (χ4n) is 4.16. The molecule has 4 rings (SSSR count). The summed E-state index contributed by atoms with van der Waals surface area (Å²) in [6.07, 6.45) is 2.85. The van der Waals surface area contributed by atoms with Crippen molar-refractivity contribution >= 4 is 35.6 Å². The Balaban J connectivity index is 0.00000256. The maximum Gasteiger partial charge on any atom is 0.194 e. The van der Waals surface area contributed by atoms with Gasteiger partial charge in [0.2, 0.25) is 0 Å². The topological polar surface area (TPSA) is 60.1 Å². The van der Waals surface area contributed by atoms with Crippen LogP contribution in [0.2, 0.25) is 0 Å². The summed E-state index contributed by atoms with van der Waals surface area (Å²) in [4.78, 5) is 12.3. The molecule has 30 heavy (non-hydrogen) atoms. The van der Waals surface area contributed by atoms with Crippen molar-refractivity contribution in [2.24, 2.45) is 10.9 Å².